The van der Waals surface area contributed by atoms with Gasteiger partial charge in [0.2, 0.25) is 0 Å². The van der Waals surface area contributed by atoms with Crippen LogP contribution in [0.1, 0.15) is 175 Å². The summed E-state index contributed by atoms with van der Waals surface area (Å²) < 4.78 is 28.2. The van der Waals surface area contributed by atoms with E-state index in [1.807, 2.05) is 24.3 Å². The topological polar surface area (TPSA) is 175 Å². The third kappa shape index (κ3) is 38.2. The van der Waals surface area contributed by atoms with Crippen molar-refractivity contribution in [2.45, 2.75) is 212 Å². The lowest BCUT2D eigenvalue weighted by Gasteiger charge is -2.40. The number of aliphatic carboxylic acids is 1. The van der Waals surface area contributed by atoms with Gasteiger partial charge in [0.1, 0.15) is 18.8 Å². The average Bonchev–Trinajstić information content (AvgIpc) is 3.37. The van der Waals surface area contributed by atoms with Gasteiger partial charge in [-0.05, 0) is 116 Å². The first-order valence-electron chi connectivity index (χ1n) is 27.2. The molecule has 0 bridgehead atoms. The van der Waals surface area contributed by atoms with Gasteiger partial charge in [0.15, 0.2) is 24.6 Å². The normalized spacial score (nSPS) is 19.4. The number of carboxylic acid groups (broad SMARTS) is 1. The predicted octanol–water partition coefficient (Wildman–Crippen LogP) is 13.4. The van der Waals surface area contributed by atoms with E-state index in [9.17, 15) is 34.5 Å². The van der Waals surface area contributed by atoms with Crippen LogP contribution in [0, 0.1) is 0 Å². The van der Waals surface area contributed by atoms with E-state index in [0.717, 1.165) is 103 Å². The molecule has 1 saturated heterocycles. The van der Waals surface area contributed by atoms with Gasteiger partial charge in [0.25, 0.3) is 0 Å². The highest BCUT2D eigenvalue weighted by molar-refractivity contribution is 5.74. The summed E-state index contributed by atoms with van der Waals surface area (Å²) in [5, 5.41) is 31.4. The lowest BCUT2D eigenvalue weighted by Crippen LogP contribution is -2.61. The summed E-state index contributed by atoms with van der Waals surface area (Å²) >= 11 is 0. The molecule has 0 radical (unpaired) electrons. The molecule has 1 aliphatic heterocycles. The average molecular weight is 1020 g/mol. The second-order valence-electron chi connectivity index (χ2n) is 17.7. The lowest BCUT2D eigenvalue weighted by molar-refractivity contribution is -0.301. The predicted molar refractivity (Wildman–Crippen MR) is 293 cm³/mol. The molecule has 0 spiro atoms. The number of rotatable bonds is 43. The number of esters is 3. The number of ether oxygens (including phenoxy) is 5. The van der Waals surface area contributed by atoms with Crippen molar-refractivity contribution in [2.75, 3.05) is 13.2 Å². The molecular formula is C61H92O12. The van der Waals surface area contributed by atoms with Crippen LogP contribution < -0.4 is 0 Å². The smallest absolute Gasteiger partial charge is 0.335 e. The van der Waals surface area contributed by atoms with Gasteiger partial charge in [-0.2, -0.15) is 0 Å². The molecule has 1 rings (SSSR count). The summed E-state index contributed by atoms with van der Waals surface area (Å²) in [5.41, 5.74) is 0. The largest absolute Gasteiger partial charge is 0.479 e. The van der Waals surface area contributed by atoms with Crippen LogP contribution in [0.2, 0.25) is 0 Å². The molecule has 3 N–H and O–H groups in total. The van der Waals surface area contributed by atoms with Gasteiger partial charge in [0, 0.05) is 19.3 Å². The van der Waals surface area contributed by atoms with E-state index < -0.39 is 67.3 Å². The van der Waals surface area contributed by atoms with E-state index >= 15 is 0 Å². The van der Waals surface area contributed by atoms with Crippen molar-refractivity contribution in [1.82, 2.24) is 0 Å². The molecule has 1 heterocycles. The minimum Gasteiger partial charge on any atom is -0.479 e. The highest BCUT2D eigenvalue weighted by Crippen LogP contribution is 2.26. The summed E-state index contributed by atoms with van der Waals surface area (Å²) in [5.74, 6) is -3.34. The Morgan fingerprint density at radius 2 is 0.849 bits per heavy atom. The van der Waals surface area contributed by atoms with Gasteiger partial charge < -0.3 is 39.0 Å². The van der Waals surface area contributed by atoms with Crippen LogP contribution in [0.4, 0.5) is 0 Å². The number of allylic oxidation sites excluding steroid dienone is 22. The summed E-state index contributed by atoms with van der Waals surface area (Å²) in [7, 11) is 0. The van der Waals surface area contributed by atoms with Crippen LogP contribution in [0.5, 0.6) is 0 Å². The standard InChI is InChI=1S/C61H92O12/c1-4-7-10-13-16-19-22-25-27-30-32-35-38-41-44-47-53(62)69-50-52(71-54(63)48-45-42-39-36-33-29-24-21-18-15-12-9-6-3)51-70-61-59(57(66)56(65)58(73-61)60(67)68)72-55(64)49-46-43-40-37-34-31-28-26-23-20-17-14-11-8-5-2/h7-12,16-21,25-29,33-34,37,39,42,52,56-59,61,65-66H,4-6,13-15,22-24,30-32,35-36,38,40-41,43-51H2,1-3H3,(H,67,68)/b10-7-,11-8-,12-9-,19-16-,20-17-,21-18-,27-25-,28-26-,33-29-,37-34-,42-39-. The van der Waals surface area contributed by atoms with Gasteiger partial charge in [0.05, 0.1) is 6.61 Å². The van der Waals surface area contributed by atoms with E-state index in [4.69, 9.17) is 23.7 Å². The molecule has 73 heavy (non-hydrogen) atoms. The van der Waals surface area contributed by atoms with Crippen LogP contribution in [-0.2, 0) is 42.9 Å². The highest BCUT2D eigenvalue weighted by atomic mass is 16.7. The molecule has 12 nitrogen and oxygen atoms in total. The fraction of sp³-hybridized carbons (Fsp3) is 0.574. The highest BCUT2D eigenvalue weighted by Gasteiger charge is 2.50. The van der Waals surface area contributed by atoms with Gasteiger partial charge in [-0.3, -0.25) is 14.4 Å². The van der Waals surface area contributed by atoms with E-state index in [1.54, 1.807) is 0 Å². The van der Waals surface area contributed by atoms with Crippen molar-refractivity contribution in [3.8, 4) is 0 Å². The van der Waals surface area contributed by atoms with Gasteiger partial charge in [-0.1, -0.05) is 174 Å². The number of carboxylic acids is 1. The minimum atomic E-state index is -1.94. The van der Waals surface area contributed by atoms with Gasteiger partial charge in [-0.25, -0.2) is 4.79 Å². The first-order valence-corrected chi connectivity index (χ1v) is 27.2. The van der Waals surface area contributed by atoms with Crippen LogP contribution >= 0.6 is 0 Å². The van der Waals surface area contributed by atoms with E-state index in [2.05, 4.69) is 130 Å². The van der Waals surface area contributed by atoms with Gasteiger partial charge in [-0.15, -0.1) is 0 Å². The Labute approximate surface area is 439 Å². The molecule has 0 aromatic rings. The lowest BCUT2D eigenvalue weighted by atomic mass is 9.98. The fourth-order valence-electron chi connectivity index (χ4n) is 7.15. The third-order valence-corrected chi connectivity index (χ3v) is 11.2. The SMILES string of the molecule is CC/C=C\C/C=C\C/C=C\C/C=C\CCCCC(=O)OC1C(OCC(COC(=O)CCCCCCC/C=C\C/C=C\C/C=C\CC)OC(=O)CC/C=C\C/C=C\C/C=C\C/C=C\CC)OC(C(=O)O)C(O)C1O. The minimum absolute atomic E-state index is 0.00939. The van der Waals surface area contributed by atoms with Crippen molar-refractivity contribution < 1.29 is 58.2 Å². The molecule has 1 fully saturated rings. The first-order chi connectivity index (χ1) is 35.6. The summed E-state index contributed by atoms with van der Waals surface area (Å²) in [6.45, 7) is 5.51. The van der Waals surface area contributed by atoms with E-state index in [0.29, 0.717) is 32.1 Å². The number of carbonyl (C=O) groups excluding carboxylic acids is 3. The molecule has 0 aromatic heterocycles. The zero-order chi connectivity index (χ0) is 53.3. The Morgan fingerprint density at radius 3 is 1.33 bits per heavy atom. The molecule has 6 unspecified atom stereocenters. The first kappa shape index (κ1) is 65.9. The summed E-state index contributed by atoms with van der Waals surface area (Å²) in [6.07, 6.45) is 54.5. The van der Waals surface area contributed by atoms with Crippen molar-refractivity contribution in [2.24, 2.45) is 0 Å². The van der Waals surface area contributed by atoms with Crippen molar-refractivity contribution in [3.05, 3.63) is 134 Å². The number of hydrogen-bond donors (Lipinski definition) is 3. The Kier molecular flexibility index (Phi) is 43.2. The van der Waals surface area contributed by atoms with Gasteiger partial charge >= 0.3 is 23.9 Å². The molecule has 1 aliphatic rings. The van der Waals surface area contributed by atoms with Crippen LogP contribution in [0.15, 0.2) is 134 Å². The molecule has 0 aromatic carbocycles. The Bertz CT molecular complexity index is 1780. The molecule has 0 amide bonds. The second-order valence-corrected chi connectivity index (χ2v) is 17.7. The maximum atomic E-state index is 13.1. The van der Waals surface area contributed by atoms with Crippen LogP contribution in [-0.4, -0.2) is 89.2 Å². The Morgan fingerprint density at radius 1 is 0.452 bits per heavy atom. The molecule has 0 aliphatic carbocycles. The molecule has 408 valence electrons. The summed E-state index contributed by atoms with van der Waals surface area (Å²) in [6, 6.07) is 0. The summed E-state index contributed by atoms with van der Waals surface area (Å²) in [4.78, 5) is 50.9. The van der Waals surface area contributed by atoms with Crippen LogP contribution in [0.3, 0.4) is 0 Å². The second kappa shape index (κ2) is 47.8. The molecular weight excluding hydrogens is 925 g/mol. The zero-order valence-corrected chi connectivity index (χ0v) is 44.6. The molecule has 0 saturated carbocycles. The Balaban J connectivity index is 2.80. The number of hydrogen-bond acceptors (Lipinski definition) is 11. The van der Waals surface area contributed by atoms with Crippen molar-refractivity contribution in [1.29, 1.82) is 0 Å². The van der Waals surface area contributed by atoms with E-state index in [1.165, 1.54) is 0 Å². The third-order valence-electron chi connectivity index (χ3n) is 11.2. The monoisotopic (exact) mass is 1020 g/mol. The number of unbranched alkanes of at least 4 members (excludes halogenated alkanes) is 7. The maximum absolute atomic E-state index is 13.1. The Hall–Kier alpha value is -5.14. The quantitative estimate of drug-likeness (QED) is 0.0228. The zero-order valence-electron chi connectivity index (χ0n) is 44.6. The van der Waals surface area contributed by atoms with E-state index in [-0.39, 0.29) is 25.9 Å². The fourth-order valence-corrected chi connectivity index (χ4v) is 7.15. The molecule has 6 atom stereocenters. The van der Waals surface area contributed by atoms with Crippen molar-refractivity contribution in [3.63, 3.8) is 0 Å². The number of aliphatic hydroxyl groups is 2. The number of aliphatic hydroxyl groups excluding tert-OH is 2. The molecule has 12 heteroatoms. The van der Waals surface area contributed by atoms with Crippen molar-refractivity contribution >= 4 is 23.9 Å². The maximum Gasteiger partial charge on any atom is 0.335 e. The number of carbonyl (C=O) groups is 4. The van der Waals surface area contributed by atoms with Crippen LogP contribution in [0.25, 0.3) is 0 Å².